The van der Waals surface area contributed by atoms with Gasteiger partial charge in [-0.2, -0.15) is 0 Å². The van der Waals surface area contributed by atoms with Crippen molar-refractivity contribution in [2.24, 2.45) is 0 Å². The molecule has 3 nitrogen and oxygen atoms in total. The number of hydrogen-bond donors (Lipinski definition) is 1. The number of methoxy groups -OCH3 is 1. The minimum absolute atomic E-state index is 0.190. The van der Waals surface area contributed by atoms with Gasteiger partial charge < -0.3 is 9.84 Å². The van der Waals surface area contributed by atoms with E-state index in [1.807, 2.05) is 13.8 Å². The minimum Gasteiger partial charge on any atom is -0.481 e. The van der Waals surface area contributed by atoms with Crippen molar-refractivity contribution < 1.29 is 14.6 Å². The van der Waals surface area contributed by atoms with E-state index < -0.39 is 5.97 Å². The molecule has 12 heavy (non-hydrogen) atoms. The SMILES string of the molecule is CCC(CC)(CCC(=O)O)OC. The number of carbonyl (C=O) groups is 1. The average Bonchev–Trinajstić information content (AvgIpc) is 2.08. The monoisotopic (exact) mass is 174 g/mol. The topological polar surface area (TPSA) is 46.5 Å². The Morgan fingerprint density at radius 2 is 1.92 bits per heavy atom. The van der Waals surface area contributed by atoms with Crippen molar-refractivity contribution in [1.82, 2.24) is 0 Å². The van der Waals surface area contributed by atoms with E-state index in [4.69, 9.17) is 9.84 Å². The summed E-state index contributed by atoms with van der Waals surface area (Å²) in [6.07, 6.45) is 2.53. The highest BCUT2D eigenvalue weighted by molar-refractivity contribution is 5.66. The van der Waals surface area contributed by atoms with Crippen LogP contribution in [0, 0.1) is 0 Å². The molecule has 0 fully saturated rings. The molecule has 0 radical (unpaired) electrons. The predicted molar refractivity (Wildman–Crippen MR) is 47.2 cm³/mol. The first kappa shape index (κ1) is 11.4. The van der Waals surface area contributed by atoms with E-state index >= 15 is 0 Å². The van der Waals surface area contributed by atoms with Crippen LogP contribution in [0.1, 0.15) is 39.5 Å². The fourth-order valence-corrected chi connectivity index (χ4v) is 1.33. The van der Waals surface area contributed by atoms with E-state index in [2.05, 4.69) is 0 Å². The van der Waals surface area contributed by atoms with Gasteiger partial charge in [0.1, 0.15) is 0 Å². The highest BCUT2D eigenvalue weighted by atomic mass is 16.5. The van der Waals surface area contributed by atoms with Crippen molar-refractivity contribution in [2.75, 3.05) is 7.11 Å². The standard InChI is InChI=1S/C9H18O3/c1-4-9(5-2,12-3)7-6-8(10)11/h4-7H2,1-3H3,(H,10,11). The molecule has 0 unspecified atom stereocenters. The van der Waals surface area contributed by atoms with Gasteiger partial charge in [-0.3, -0.25) is 4.79 Å². The molecule has 0 aliphatic rings. The number of carboxylic acids is 1. The Kier molecular flexibility index (Phi) is 4.90. The maximum atomic E-state index is 10.3. The third-order valence-corrected chi connectivity index (χ3v) is 2.52. The molecule has 72 valence electrons. The predicted octanol–water partition coefficient (Wildman–Crippen LogP) is 2.06. The van der Waals surface area contributed by atoms with Crippen molar-refractivity contribution in [2.45, 2.75) is 45.1 Å². The summed E-state index contributed by atoms with van der Waals surface area (Å²) in [7, 11) is 1.65. The second kappa shape index (κ2) is 5.14. The van der Waals surface area contributed by atoms with Crippen LogP contribution in [-0.2, 0) is 9.53 Å². The van der Waals surface area contributed by atoms with Crippen LogP contribution in [-0.4, -0.2) is 23.8 Å². The van der Waals surface area contributed by atoms with Gasteiger partial charge in [-0.15, -0.1) is 0 Å². The van der Waals surface area contributed by atoms with Gasteiger partial charge in [-0.05, 0) is 19.3 Å². The Morgan fingerprint density at radius 3 is 2.17 bits per heavy atom. The zero-order chi connectivity index (χ0) is 9.61. The van der Waals surface area contributed by atoms with Crippen LogP contribution in [0.15, 0.2) is 0 Å². The van der Waals surface area contributed by atoms with E-state index in [0.717, 1.165) is 12.8 Å². The highest BCUT2D eigenvalue weighted by Crippen LogP contribution is 2.25. The third kappa shape index (κ3) is 3.22. The van der Waals surface area contributed by atoms with Gasteiger partial charge in [0, 0.05) is 13.5 Å². The van der Waals surface area contributed by atoms with Crippen molar-refractivity contribution in [3.8, 4) is 0 Å². The first-order valence-corrected chi connectivity index (χ1v) is 4.37. The highest BCUT2D eigenvalue weighted by Gasteiger charge is 2.25. The third-order valence-electron chi connectivity index (χ3n) is 2.52. The molecule has 0 aromatic carbocycles. The Bertz CT molecular complexity index is 130. The minimum atomic E-state index is -0.752. The molecule has 0 saturated carbocycles. The number of hydrogen-bond acceptors (Lipinski definition) is 2. The Hall–Kier alpha value is -0.570. The maximum absolute atomic E-state index is 10.3. The lowest BCUT2D eigenvalue weighted by atomic mass is 9.91. The van der Waals surface area contributed by atoms with Crippen LogP contribution < -0.4 is 0 Å². The quantitative estimate of drug-likeness (QED) is 0.670. The van der Waals surface area contributed by atoms with Gasteiger partial charge in [-0.25, -0.2) is 0 Å². The van der Waals surface area contributed by atoms with Gasteiger partial charge >= 0.3 is 5.97 Å². The summed E-state index contributed by atoms with van der Waals surface area (Å²) < 4.78 is 5.32. The number of ether oxygens (including phenoxy) is 1. The van der Waals surface area contributed by atoms with Crippen LogP contribution in [0.2, 0.25) is 0 Å². The van der Waals surface area contributed by atoms with E-state index in [-0.39, 0.29) is 12.0 Å². The molecule has 0 saturated heterocycles. The van der Waals surface area contributed by atoms with Gasteiger partial charge in [0.25, 0.3) is 0 Å². The summed E-state index contributed by atoms with van der Waals surface area (Å²) >= 11 is 0. The zero-order valence-electron chi connectivity index (χ0n) is 8.09. The van der Waals surface area contributed by atoms with Crippen molar-refractivity contribution >= 4 is 5.97 Å². The van der Waals surface area contributed by atoms with Crippen LogP contribution in [0.25, 0.3) is 0 Å². The molecule has 0 aliphatic carbocycles. The fourth-order valence-electron chi connectivity index (χ4n) is 1.33. The van der Waals surface area contributed by atoms with Gasteiger partial charge in [0.05, 0.1) is 5.60 Å². The zero-order valence-corrected chi connectivity index (χ0v) is 8.09. The molecular weight excluding hydrogens is 156 g/mol. The van der Waals surface area contributed by atoms with Gasteiger partial charge in [0.15, 0.2) is 0 Å². The second-order valence-corrected chi connectivity index (χ2v) is 2.99. The summed E-state index contributed by atoms with van der Waals surface area (Å²) in [5, 5.41) is 8.51. The van der Waals surface area contributed by atoms with Crippen molar-refractivity contribution in [3.63, 3.8) is 0 Å². The van der Waals surface area contributed by atoms with Crippen molar-refractivity contribution in [1.29, 1.82) is 0 Å². The first-order chi connectivity index (χ1) is 5.60. The molecule has 0 heterocycles. The van der Waals surface area contributed by atoms with Crippen LogP contribution in [0.4, 0.5) is 0 Å². The molecule has 0 aromatic heterocycles. The molecule has 0 atom stereocenters. The van der Waals surface area contributed by atoms with Crippen LogP contribution >= 0.6 is 0 Å². The fraction of sp³-hybridized carbons (Fsp3) is 0.889. The van der Waals surface area contributed by atoms with E-state index in [9.17, 15) is 4.79 Å². The molecule has 0 rings (SSSR count). The molecule has 3 heteroatoms. The summed E-state index contributed by atoms with van der Waals surface area (Å²) in [4.78, 5) is 10.3. The van der Waals surface area contributed by atoms with Crippen LogP contribution in [0.5, 0.6) is 0 Å². The lowest BCUT2D eigenvalue weighted by molar-refractivity contribution is -0.139. The number of carboxylic acid groups (broad SMARTS) is 1. The maximum Gasteiger partial charge on any atom is 0.303 e. The Balaban J connectivity index is 4.01. The van der Waals surface area contributed by atoms with E-state index in [0.29, 0.717) is 6.42 Å². The average molecular weight is 174 g/mol. The van der Waals surface area contributed by atoms with Crippen LogP contribution in [0.3, 0.4) is 0 Å². The lowest BCUT2D eigenvalue weighted by Crippen LogP contribution is -2.30. The Morgan fingerprint density at radius 1 is 1.42 bits per heavy atom. The molecule has 1 N–H and O–H groups in total. The van der Waals surface area contributed by atoms with Gasteiger partial charge in [-0.1, -0.05) is 13.8 Å². The second-order valence-electron chi connectivity index (χ2n) is 2.99. The molecule has 0 spiro atoms. The van der Waals surface area contributed by atoms with Crippen molar-refractivity contribution in [3.05, 3.63) is 0 Å². The molecule has 0 aliphatic heterocycles. The van der Waals surface area contributed by atoms with Gasteiger partial charge in [0.2, 0.25) is 0 Å². The lowest BCUT2D eigenvalue weighted by Gasteiger charge is -2.29. The first-order valence-electron chi connectivity index (χ1n) is 4.37. The van der Waals surface area contributed by atoms with E-state index in [1.165, 1.54) is 0 Å². The molecule has 0 bridgehead atoms. The molecular formula is C9H18O3. The normalized spacial score (nSPS) is 11.6. The summed E-state index contributed by atoms with van der Waals surface area (Å²) in [5.41, 5.74) is -0.224. The van der Waals surface area contributed by atoms with E-state index in [1.54, 1.807) is 7.11 Å². The Labute approximate surface area is 73.7 Å². The molecule has 0 aromatic rings. The molecule has 0 amide bonds. The summed E-state index contributed by atoms with van der Waals surface area (Å²) in [6, 6.07) is 0. The summed E-state index contributed by atoms with van der Waals surface area (Å²) in [6.45, 7) is 4.05. The number of aliphatic carboxylic acids is 1. The smallest absolute Gasteiger partial charge is 0.303 e. The largest absolute Gasteiger partial charge is 0.481 e. The number of rotatable bonds is 6. The summed E-state index contributed by atoms with van der Waals surface area (Å²) in [5.74, 6) is -0.752.